The Morgan fingerprint density at radius 3 is 2.45 bits per heavy atom. The lowest BCUT2D eigenvalue weighted by Gasteiger charge is -2.00. The fourth-order valence-corrected chi connectivity index (χ4v) is 3.88. The number of aryl methyl sites for hydroxylation is 1. The van der Waals surface area contributed by atoms with E-state index in [0.717, 1.165) is 38.9 Å². The second-order valence-corrected chi connectivity index (χ2v) is 8.40. The van der Waals surface area contributed by atoms with Crippen molar-refractivity contribution in [1.29, 1.82) is 0 Å². The molecule has 5 rings (SSSR count). The molecule has 0 aliphatic heterocycles. The molecular weight excluding hydrogens is 388 g/mol. The van der Waals surface area contributed by atoms with Crippen LogP contribution in [0.15, 0.2) is 76.0 Å². The molecule has 2 N–H and O–H groups in total. The minimum Gasteiger partial charge on any atom is -0.436 e. The number of nitrogens with zero attached hydrogens (tertiary/aromatic N) is 1. The van der Waals surface area contributed by atoms with Gasteiger partial charge in [-0.3, -0.25) is 4.55 Å². The zero-order valence-electron chi connectivity index (χ0n) is 15.4. The van der Waals surface area contributed by atoms with E-state index in [0.29, 0.717) is 11.4 Å². The molecule has 2 aromatic heterocycles. The van der Waals surface area contributed by atoms with Gasteiger partial charge in [-0.05, 0) is 60.5 Å². The Kier molecular flexibility index (Phi) is 3.84. The minimum atomic E-state index is -4.24. The van der Waals surface area contributed by atoms with Gasteiger partial charge >= 0.3 is 0 Å². The van der Waals surface area contributed by atoms with Gasteiger partial charge in [0, 0.05) is 22.2 Å². The summed E-state index contributed by atoms with van der Waals surface area (Å²) in [6.07, 6.45) is 0. The van der Waals surface area contributed by atoms with E-state index in [1.54, 1.807) is 6.07 Å². The molecule has 0 aliphatic carbocycles. The van der Waals surface area contributed by atoms with E-state index < -0.39 is 10.1 Å². The Balaban J connectivity index is 1.50. The highest BCUT2D eigenvalue weighted by Crippen LogP contribution is 2.29. The van der Waals surface area contributed by atoms with Crippen molar-refractivity contribution < 1.29 is 17.4 Å². The maximum atomic E-state index is 11.3. The van der Waals surface area contributed by atoms with Gasteiger partial charge in [0.15, 0.2) is 5.58 Å². The molecule has 0 saturated heterocycles. The maximum Gasteiger partial charge on any atom is 0.294 e. The number of hydrogen-bond donors (Lipinski definition) is 2. The molecule has 2 heterocycles. The first kappa shape index (κ1) is 17.7. The predicted molar refractivity (Wildman–Crippen MR) is 111 cm³/mol. The molecule has 0 radical (unpaired) electrons. The second-order valence-electron chi connectivity index (χ2n) is 6.97. The summed E-state index contributed by atoms with van der Waals surface area (Å²) in [5.41, 5.74) is 5.97. The van der Waals surface area contributed by atoms with Crippen LogP contribution in [0, 0.1) is 6.92 Å². The lowest BCUT2D eigenvalue weighted by Crippen LogP contribution is -1.97. The number of nitrogens with one attached hydrogen (secondary N) is 1. The van der Waals surface area contributed by atoms with Gasteiger partial charge in [0.05, 0.1) is 4.90 Å². The summed E-state index contributed by atoms with van der Waals surface area (Å²) >= 11 is 0. The lowest BCUT2D eigenvalue weighted by molar-refractivity contribution is 0.483. The van der Waals surface area contributed by atoms with Gasteiger partial charge in [-0.1, -0.05) is 24.3 Å². The minimum absolute atomic E-state index is 0.139. The number of aromatic amines is 1. The number of benzene rings is 3. The Morgan fingerprint density at radius 2 is 1.69 bits per heavy atom. The predicted octanol–water partition coefficient (Wildman–Crippen LogP) is 5.20. The smallest absolute Gasteiger partial charge is 0.294 e. The number of fused-ring (bicyclic) bond motifs is 2. The van der Waals surface area contributed by atoms with Crippen molar-refractivity contribution in [2.75, 3.05) is 0 Å². The maximum absolute atomic E-state index is 11.3. The van der Waals surface area contributed by atoms with Crippen LogP contribution in [0.4, 0.5) is 0 Å². The third-order valence-corrected chi connectivity index (χ3v) is 5.73. The van der Waals surface area contributed by atoms with E-state index in [9.17, 15) is 13.0 Å². The zero-order chi connectivity index (χ0) is 20.2. The summed E-state index contributed by atoms with van der Waals surface area (Å²) in [4.78, 5) is 7.60. The number of rotatable bonds is 3. The van der Waals surface area contributed by atoms with Gasteiger partial charge in [0.25, 0.3) is 10.1 Å². The SMILES string of the molecule is Cc1ccc2nc(-c3ccc(-c4cc5ccc(S(=O)(=O)O)cc5[nH]4)cc3)oc2c1. The molecule has 0 unspecified atom stereocenters. The summed E-state index contributed by atoms with van der Waals surface area (Å²) in [5, 5.41) is 0.853. The molecule has 3 aromatic carbocycles. The third kappa shape index (κ3) is 3.20. The van der Waals surface area contributed by atoms with Crippen molar-refractivity contribution in [3.05, 3.63) is 72.3 Å². The highest BCUT2D eigenvalue weighted by Gasteiger charge is 2.12. The summed E-state index contributed by atoms with van der Waals surface area (Å²) < 4.78 is 37.8. The molecule has 0 saturated carbocycles. The molecule has 144 valence electrons. The van der Waals surface area contributed by atoms with Crippen LogP contribution in [-0.4, -0.2) is 22.9 Å². The van der Waals surface area contributed by atoms with Crippen molar-refractivity contribution in [2.45, 2.75) is 11.8 Å². The van der Waals surface area contributed by atoms with E-state index in [4.69, 9.17) is 4.42 Å². The average Bonchev–Trinajstić information content (AvgIpc) is 3.30. The standard InChI is InChI=1S/C22H16N2O4S/c1-13-2-9-18-21(10-13)28-22(24-18)15-5-3-14(4-6-15)19-11-16-7-8-17(29(25,26)27)12-20(16)23-19/h2-12,23H,1H3,(H,25,26,27). The van der Waals surface area contributed by atoms with Crippen LogP contribution in [0.2, 0.25) is 0 Å². The first-order valence-electron chi connectivity index (χ1n) is 8.95. The first-order valence-corrected chi connectivity index (χ1v) is 10.4. The Hall–Kier alpha value is -3.42. The highest BCUT2D eigenvalue weighted by atomic mass is 32.2. The van der Waals surface area contributed by atoms with Crippen LogP contribution in [-0.2, 0) is 10.1 Å². The number of hydrogen-bond acceptors (Lipinski definition) is 4. The molecule has 0 bridgehead atoms. The van der Waals surface area contributed by atoms with E-state index in [-0.39, 0.29) is 4.90 Å². The van der Waals surface area contributed by atoms with Gasteiger partial charge in [-0.15, -0.1) is 0 Å². The van der Waals surface area contributed by atoms with Gasteiger partial charge in [0.2, 0.25) is 5.89 Å². The Bertz CT molecular complexity index is 1480. The molecule has 0 fully saturated rings. The van der Waals surface area contributed by atoms with E-state index in [1.165, 1.54) is 12.1 Å². The molecule has 6 nitrogen and oxygen atoms in total. The van der Waals surface area contributed by atoms with E-state index in [2.05, 4.69) is 9.97 Å². The fourth-order valence-electron chi connectivity index (χ4n) is 3.37. The second kappa shape index (κ2) is 6.30. The van der Waals surface area contributed by atoms with Crippen molar-refractivity contribution in [3.8, 4) is 22.7 Å². The highest BCUT2D eigenvalue weighted by molar-refractivity contribution is 7.85. The molecule has 5 aromatic rings. The van der Waals surface area contributed by atoms with Crippen LogP contribution in [0.3, 0.4) is 0 Å². The van der Waals surface area contributed by atoms with Crippen molar-refractivity contribution in [2.24, 2.45) is 0 Å². The monoisotopic (exact) mass is 404 g/mol. The molecule has 0 aliphatic rings. The molecular formula is C22H16N2O4S. The van der Waals surface area contributed by atoms with Crippen molar-refractivity contribution >= 4 is 32.1 Å². The average molecular weight is 404 g/mol. The van der Waals surface area contributed by atoms with Crippen LogP contribution in [0.1, 0.15) is 5.56 Å². The summed E-state index contributed by atoms with van der Waals surface area (Å²) in [6.45, 7) is 2.01. The van der Waals surface area contributed by atoms with Crippen LogP contribution in [0.5, 0.6) is 0 Å². The largest absolute Gasteiger partial charge is 0.436 e. The summed E-state index contributed by atoms with van der Waals surface area (Å²) in [6, 6.07) is 20.1. The topological polar surface area (TPSA) is 96.2 Å². The van der Waals surface area contributed by atoms with E-state index in [1.807, 2.05) is 55.5 Å². The molecule has 0 atom stereocenters. The molecule has 29 heavy (non-hydrogen) atoms. The number of aromatic nitrogens is 2. The lowest BCUT2D eigenvalue weighted by atomic mass is 10.1. The Labute approximate surface area is 166 Å². The molecule has 0 amide bonds. The van der Waals surface area contributed by atoms with Crippen LogP contribution in [0.25, 0.3) is 44.7 Å². The van der Waals surface area contributed by atoms with Gasteiger partial charge in [-0.25, -0.2) is 4.98 Å². The quantitative estimate of drug-likeness (QED) is 0.403. The van der Waals surface area contributed by atoms with Crippen LogP contribution >= 0.6 is 0 Å². The zero-order valence-corrected chi connectivity index (χ0v) is 16.2. The summed E-state index contributed by atoms with van der Waals surface area (Å²) in [7, 11) is -4.24. The third-order valence-electron chi connectivity index (χ3n) is 4.88. The van der Waals surface area contributed by atoms with Crippen molar-refractivity contribution in [1.82, 2.24) is 9.97 Å². The first-order chi connectivity index (χ1) is 13.9. The van der Waals surface area contributed by atoms with Crippen LogP contribution < -0.4 is 0 Å². The number of H-pyrrole nitrogens is 1. The van der Waals surface area contributed by atoms with E-state index >= 15 is 0 Å². The van der Waals surface area contributed by atoms with Crippen molar-refractivity contribution in [3.63, 3.8) is 0 Å². The Morgan fingerprint density at radius 1 is 0.931 bits per heavy atom. The fraction of sp³-hybridized carbons (Fsp3) is 0.0455. The summed E-state index contributed by atoms with van der Waals surface area (Å²) in [5.74, 6) is 0.562. The van der Waals surface area contributed by atoms with Gasteiger partial charge < -0.3 is 9.40 Å². The van der Waals surface area contributed by atoms with Gasteiger partial charge in [0.1, 0.15) is 5.52 Å². The molecule has 0 spiro atoms. The normalized spacial score (nSPS) is 12.1. The molecule has 7 heteroatoms. The number of oxazole rings is 1. The van der Waals surface area contributed by atoms with Gasteiger partial charge in [-0.2, -0.15) is 8.42 Å².